The van der Waals surface area contributed by atoms with Crippen molar-refractivity contribution in [3.63, 3.8) is 0 Å². The number of nitrogen functional groups attached to an aromatic ring is 1. The Bertz CT molecular complexity index is 385. The second-order valence-corrected chi connectivity index (χ2v) is 4.58. The minimum atomic E-state index is -0.735. The van der Waals surface area contributed by atoms with Crippen LogP contribution in [0.2, 0.25) is 0 Å². The molecule has 0 aliphatic carbocycles. The predicted molar refractivity (Wildman–Crippen MR) is 70.9 cm³/mol. The van der Waals surface area contributed by atoms with E-state index >= 15 is 0 Å². The van der Waals surface area contributed by atoms with Gasteiger partial charge in [-0.3, -0.25) is 4.79 Å². The molecule has 5 nitrogen and oxygen atoms in total. The summed E-state index contributed by atoms with van der Waals surface area (Å²) >= 11 is 3.37. The maximum Gasteiger partial charge on any atom is 0.303 e. The van der Waals surface area contributed by atoms with Crippen LogP contribution in [0.5, 0.6) is 0 Å². The molecule has 0 aromatic carbocycles. The normalized spacial score (nSPS) is 10.2. The van der Waals surface area contributed by atoms with Gasteiger partial charge in [0.25, 0.3) is 0 Å². The van der Waals surface area contributed by atoms with Crippen LogP contribution in [0.15, 0.2) is 16.7 Å². The van der Waals surface area contributed by atoms with E-state index in [1.54, 1.807) is 12.3 Å². The van der Waals surface area contributed by atoms with Crippen molar-refractivity contribution in [1.82, 2.24) is 4.98 Å². The Morgan fingerprint density at radius 3 is 2.88 bits per heavy atom. The van der Waals surface area contributed by atoms with Gasteiger partial charge >= 0.3 is 5.97 Å². The minimum absolute atomic E-state index is 0.240. The van der Waals surface area contributed by atoms with Gasteiger partial charge in [0.1, 0.15) is 5.82 Å². The highest BCUT2D eigenvalue weighted by atomic mass is 79.9. The molecule has 0 unspecified atom stereocenters. The Balaban J connectivity index is 2.20. The Morgan fingerprint density at radius 2 is 2.24 bits per heavy atom. The van der Waals surface area contributed by atoms with Crippen molar-refractivity contribution in [2.45, 2.75) is 25.7 Å². The molecule has 0 atom stereocenters. The molecule has 0 fully saturated rings. The summed E-state index contributed by atoms with van der Waals surface area (Å²) in [5.41, 5.74) is 6.19. The molecule has 0 aliphatic heterocycles. The van der Waals surface area contributed by atoms with E-state index < -0.39 is 5.97 Å². The van der Waals surface area contributed by atoms with Crippen molar-refractivity contribution in [3.8, 4) is 0 Å². The zero-order valence-corrected chi connectivity index (χ0v) is 11.0. The molecule has 94 valence electrons. The van der Waals surface area contributed by atoms with Crippen LogP contribution in [0.1, 0.15) is 25.7 Å². The summed E-state index contributed by atoms with van der Waals surface area (Å²) in [5.74, 6) is 0.0262. The van der Waals surface area contributed by atoms with Crippen molar-refractivity contribution in [1.29, 1.82) is 0 Å². The molecular formula is C11H16BrN3O2. The zero-order valence-electron chi connectivity index (χ0n) is 9.45. The maximum atomic E-state index is 10.3. The standard InChI is InChI=1S/C11H16BrN3O2/c12-9-6-8(13)7-15-11(9)14-5-3-1-2-4-10(16)17/h6-7H,1-5,13H2,(H,14,15)(H,16,17). The van der Waals surface area contributed by atoms with Crippen LogP contribution in [0.25, 0.3) is 0 Å². The first-order valence-electron chi connectivity index (χ1n) is 5.46. The number of anilines is 2. The van der Waals surface area contributed by atoms with Gasteiger partial charge < -0.3 is 16.2 Å². The van der Waals surface area contributed by atoms with E-state index in [2.05, 4.69) is 26.2 Å². The molecule has 17 heavy (non-hydrogen) atoms. The Labute approximate surface area is 109 Å². The van der Waals surface area contributed by atoms with Crippen LogP contribution >= 0.6 is 15.9 Å². The van der Waals surface area contributed by atoms with Crippen LogP contribution in [0, 0.1) is 0 Å². The average molecular weight is 302 g/mol. The summed E-state index contributed by atoms with van der Waals surface area (Å²) in [7, 11) is 0. The first kappa shape index (κ1) is 13.8. The number of aromatic nitrogens is 1. The number of hydrogen-bond donors (Lipinski definition) is 3. The molecular weight excluding hydrogens is 286 g/mol. The van der Waals surface area contributed by atoms with E-state index in [9.17, 15) is 4.79 Å². The fourth-order valence-electron chi connectivity index (χ4n) is 1.37. The highest BCUT2D eigenvalue weighted by molar-refractivity contribution is 9.10. The van der Waals surface area contributed by atoms with E-state index in [0.29, 0.717) is 12.1 Å². The second-order valence-electron chi connectivity index (χ2n) is 3.73. The topological polar surface area (TPSA) is 88.2 Å². The maximum absolute atomic E-state index is 10.3. The first-order valence-corrected chi connectivity index (χ1v) is 6.25. The fraction of sp³-hybridized carbons (Fsp3) is 0.455. The van der Waals surface area contributed by atoms with Crippen LogP contribution in [0.3, 0.4) is 0 Å². The molecule has 1 aromatic rings. The molecule has 6 heteroatoms. The zero-order chi connectivity index (χ0) is 12.7. The minimum Gasteiger partial charge on any atom is -0.481 e. The summed E-state index contributed by atoms with van der Waals surface area (Å²) in [4.78, 5) is 14.4. The van der Waals surface area contributed by atoms with Gasteiger partial charge in [0, 0.05) is 13.0 Å². The number of aliphatic carboxylic acids is 1. The average Bonchev–Trinajstić information content (AvgIpc) is 2.25. The van der Waals surface area contributed by atoms with E-state index in [1.165, 1.54) is 0 Å². The van der Waals surface area contributed by atoms with Gasteiger partial charge in [0.2, 0.25) is 0 Å². The third kappa shape index (κ3) is 5.53. The largest absolute Gasteiger partial charge is 0.481 e. The van der Waals surface area contributed by atoms with Crippen LogP contribution < -0.4 is 11.1 Å². The molecule has 1 heterocycles. The van der Waals surface area contributed by atoms with Crippen molar-refractivity contribution in [2.75, 3.05) is 17.6 Å². The lowest BCUT2D eigenvalue weighted by Gasteiger charge is -2.07. The number of carbonyl (C=O) groups is 1. The number of rotatable bonds is 7. The lowest BCUT2D eigenvalue weighted by molar-refractivity contribution is -0.137. The highest BCUT2D eigenvalue weighted by Gasteiger charge is 2.01. The van der Waals surface area contributed by atoms with Gasteiger partial charge in [-0.1, -0.05) is 6.42 Å². The van der Waals surface area contributed by atoms with Crippen molar-refractivity contribution in [3.05, 3.63) is 16.7 Å². The molecule has 0 aliphatic rings. The lowest BCUT2D eigenvalue weighted by atomic mass is 10.2. The molecule has 0 saturated carbocycles. The summed E-state index contributed by atoms with van der Waals surface area (Å²) in [6.07, 6.45) is 4.37. The van der Waals surface area contributed by atoms with Gasteiger partial charge in [0.05, 0.1) is 16.4 Å². The molecule has 0 amide bonds. The molecule has 0 saturated heterocycles. The second kappa shape index (κ2) is 7.11. The Morgan fingerprint density at radius 1 is 1.47 bits per heavy atom. The molecule has 0 radical (unpaired) electrons. The van der Waals surface area contributed by atoms with Gasteiger partial charge in [-0.2, -0.15) is 0 Å². The van der Waals surface area contributed by atoms with Crippen molar-refractivity contribution >= 4 is 33.4 Å². The van der Waals surface area contributed by atoms with E-state index in [-0.39, 0.29) is 6.42 Å². The van der Waals surface area contributed by atoms with Crippen LogP contribution in [0.4, 0.5) is 11.5 Å². The van der Waals surface area contributed by atoms with E-state index in [0.717, 1.165) is 29.7 Å². The number of unbranched alkanes of at least 4 members (excludes halogenated alkanes) is 2. The monoisotopic (exact) mass is 301 g/mol. The molecule has 0 spiro atoms. The van der Waals surface area contributed by atoms with Gasteiger partial charge in [-0.25, -0.2) is 4.98 Å². The number of carboxylic acids is 1. The van der Waals surface area contributed by atoms with E-state index in [4.69, 9.17) is 10.8 Å². The predicted octanol–water partition coefficient (Wildman–Crippen LogP) is 2.48. The Hall–Kier alpha value is -1.30. The smallest absolute Gasteiger partial charge is 0.303 e. The fourth-order valence-corrected chi connectivity index (χ4v) is 1.87. The number of nitrogens with zero attached hydrogens (tertiary/aromatic N) is 1. The number of halogens is 1. The number of nitrogens with two attached hydrogens (primary N) is 1. The molecule has 1 rings (SSSR count). The van der Waals surface area contributed by atoms with Crippen LogP contribution in [-0.2, 0) is 4.79 Å². The molecule has 1 aromatic heterocycles. The van der Waals surface area contributed by atoms with E-state index in [1.807, 2.05) is 0 Å². The molecule has 4 N–H and O–H groups in total. The van der Waals surface area contributed by atoms with Gasteiger partial charge in [-0.15, -0.1) is 0 Å². The lowest BCUT2D eigenvalue weighted by Crippen LogP contribution is -2.05. The Kier molecular flexibility index (Phi) is 5.76. The number of pyridine rings is 1. The SMILES string of the molecule is Nc1cnc(NCCCCCC(=O)O)c(Br)c1. The third-order valence-corrected chi connectivity index (χ3v) is 2.83. The van der Waals surface area contributed by atoms with Crippen molar-refractivity contribution in [2.24, 2.45) is 0 Å². The van der Waals surface area contributed by atoms with Gasteiger partial charge in [-0.05, 0) is 34.8 Å². The summed E-state index contributed by atoms with van der Waals surface area (Å²) < 4.78 is 0.836. The summed E-state index contributed by atoms with van der Waals surface area (Å²) in [6.45, 7) is 0.773. The quantitative estimate of drug-likeness (QED) is 0.673. The van der Waals surface area contributed by atoms with Gasteiger partial charge in [0.15, 0.2) is 0 Å². The van der Waals surface area contributed by atoms with Crippen molar-refractivity contribution < 1.29 is 9.90 Å². The number of hydrogen-bond acceptors (Lipinski definition) is 4. The number of nitrogens with one attached hydrogen (secondary N) is 1. The summed E-state index contributed by atoms with van der Waals surface area (Å²) in [5, 5.41) is 11.6. The third-order valence-electron chi connectivity index (χ3n) is 2.22. The molecule has 0 bridgehead atoms. The first-order chi connectivity index (χ1) is 8.09. The highest BCUT2D eigenvalue weighted by Crippen LogP contribution is 2.21. The van der Waals surface area contributed by atoms with Crippen LogP contribution in [-0.4, -0.2) is 22.6 Å². The summed E-state index contributed by atoms with van der Waals surface area (Å²) in [6, 6.07) is 1.79. The number of carboxylic acid groups (broad SMARTS) is 1.